The summed E-state index contributed by atoms with van der Waals surface area (Å²) in [5, 5.41) is 9.41. The molecule has 0 radical (unpaired) electrons. The molecule has 0 aromatic heterocycles. The van der Waals surface area contributed by atoms with E-state index < -0.39 is 5.97 Å². The summed E-state index contributed by atoms with van der Waals surface area (Å²) >= 11 is 5.94. The average Bonchev–Trinajstić information content (AvgIpc) is 2.42. The number of carbonyl (C=O) groups is 2. The van der Waals surface area contributed by atoms with E-state index in [1.807, 2.05) is 19.1 Å². The van der Waals surface area contributed by atoms with Crippen molar-refractivity contribution in [2.45, 2.75) is 19.9 Å². The molecule has 110 valence electrons. The van der Waals surface area contributed by atoms with Crippen LogP contribution in [0.3, 0.4) is 0 Å². The van der Waals surface area contributed by atoms with Gasteiger partial charge in [0.15, 0.2) is 0 Å². The number of likely N-dealkylation sites (N-methyl/N-ethyl adjacent to an activating group) is 1. The first-order chi connectivity index (χ1) is 9.36. The number of amides is 2. The largest absolute Gasteiger partial charge is 0.480 e. The Hall–Kier alpha value is -1.75. The molecule has 0 saturated heterocycles. The fourth-order valence-electron chi connectivity index (χ4n) is 1.86. The van der Waals surface area contributed by atoms with E-state index in [4.69, 9.17) is 16.7 Å². The van der Waals surface area contributed by atoms with Gasteiger partial charge in [0.25, 0.3) is 0 Å². The zero-order chi connectivity index (χ0) is 15.3. The standard InChI is InChI=1S/C14H19ClN2O3/c1-4-17(9-13(18)19)14(20)16(3)10(2)11-6-5-7-12(15)8-11/h5-8,10H,4,9H2,1-3H3,(H,18,19). The molecule has 0 aliphatic carbocycles. The van der Waals surface area contributed by atoms with Crippen molar-refractivity contribution in [2.75, 3.05) is 20.1 Å². The molecule has 0 spiro atoms. The van der Waals surface area contributed by atoms with Gasteiger partial charge in [-0.2, -0.15) is 0 Å². The first-order valence-electron chi connectivity index (χ1n) is 6.35. The van der Waals surface area contributed by atoms with Crippen molar-refractivity contribution in [3.8, 4) is 0 Å². The van der Waals surface area contributed by atoms with Gasteiger partial charge >= 0.3 is 12.0 Å². The molecule has 6 heteroatoms. The fourth-order valence-corrected chi connectivity index (χ4v) is 2.06. The maximum absolute atomic E-state index is 12.3. The number of urea groups is 1. The second kappa shape index (κ2) is 7.14. The zero-order valence-electron chi connectivity index (χ0n) is 11.8. The van der Waals surface area contributed by atoms with Crippen LogP contribution in [0.15, 0.2) is 24.3 Å². The third-order valence-corrected chi connectivity index (χ3v) is 3.43. The summed E-state index contributed by atoms with van der Waals surface area (Å²) < 4.78 is 0. The maximum Gasteiger partial charge on any atom is 0.323 e. The third kappa shape index (κ3) is 4.13. The second-order valence-electron chi connectivity index (χ2n) is 4.53. The van der Waals surface area contributed by atoms with Gasteiger partial charge in [0, 0.05) is 18.6 Å². The molecular weight excluding hydrogens is 280 g/mol. The third-order valence-electron chi connectivity index (χ3n) is 3.19. The monoisotopic (exact) mass is 298 g/mol. The van der Waals surface area contributed by atoms with Gasteiger partial charge in [-0.05, 0) is 31.5 Å². The van der Waals surface area contributed by atoms with E-state index in [1.54, 1.807) is 26.1 Å². The highest BCUT2D eigenvalue weighted by atomic mass is 35.5. The summed E-state index contributed by atoms with van der Waals surface area (Å²) in [6.45, 7) is 3.66. The number of nitrogens with zero attached hydrogens (tertiary/aromatic N) is 2. The highest BCUT2D eigenvalue weighted by molar-refractivity contribution is 6.30. The van der Waals surface area contributed by atoms with Gasteiger partial charge in [-0.3, -0.25) is 4.79 Å². The van der Waals surface area contributed by atoms with Crippen LogP contribution < -0.4 is 0 Å². The molecule has 1 unspecified atom stereocenters. The molecule has 1 aromatic rings. The molecule has 2 amide bonds. The molecule has 0 fully saturated rings. The van der Waals surface area contributed by atoms with Crippen LogP contribution >= 0.6 is 11.6 Å². The van der Waals surface area contributed by atoms with E-state index in [0.29, 0.717) is 11.6 Å². The van der Waals surface area contributed by atoms with Gasteiger partial charge in [0.2, 0.25) is 0 Å². The van der Waals surface area contributed by atoms with E-state index in [1.165, 1.54) is 9.80 Å². The molecule has 1 atom stereocenters. The Morgan fingerprint density at radius 1 is 1.40 bits per heavy atom. The lowest BCUT2D eigenvalue weighted by Crippen LogP contribution is -2.44. The lowest BCUT2D eigenvalue weighted by atomic mass is 10.1. The van der Waals surface area contributed by atoms with Crippen LogP contribution in [0, 0.1) is 0 Å². The zero-order valence-corrected chi connectivity index (χ0v) is 12.6. The first-order valence-corrected chi connectivity index (χ1v) is 6.73. The molecule has 0 aliphatic rings. The molecule has 5 nitrogen and oxygen atoms in total. The molecule has 0 heterocycles. The summed E-state index contributed by atoms with van der Waals surface area (Å²) in [6.07, 6.45) is 0. The number of hydrogen-bond acceptors (Lipinski definition) is 2. The summed E-state index contributed by atoms with van der Waals surface area (Å²) in [4.78, 5) is 25.8. The van der Waals surface area contributed by atoms with E-state index in [2.05, 4.69) is 0 Å². The molecule has 0 saturated carbocycles. The predicted octanol–water partition coefficient (Wildman–Crippen LogP) is 2.86. The Kier molecular flexibility index (Phi) is 5.82. The van der Waals surface area contributed by atoms with Gasteiger partial charge in [-0.25, -0.2) is 4.79 Å². The Labute approximate surface area is 123 Å². The number of benzene rings is 1. The van der Waals surface area contributed by atoms with Crippen molar-refractivity contribution in [3.63, 3.8) is 0 Å². The van der Waals surface area contributed by atoms with Crippen LogP contribution in [0.2, 0.25) is 5.02 Å². The molecule has 0 aliphatic heterocycles. The van der Waals surface area contributed by atoms with Crippen molar-refractivity contribution in [2.24, 2.45) is 0 Å². The van der Waals surface area contributed by atoms with Crippen LogP contribution in [0.25, 0.3) is 0 Å². The van der Waals surface area contributed by atoms with E-state index in [9.17, 15) is 9.59 Å². The lowest BCUT2D eigenvalue weighted by Gasteiger charge is -2.30. The van der Waals surface area contributed by atoms with Crippen molar-refractivity contribution < 1.29 is 14.7 Å². The minimum atomic E-state index is -1.02. The van der Waals surface area contributed by atoms with Crippen molar-refractivity contribution >= 4 is 23.6 Å². The molecular formula is C14H19ClN2O3. The van der Waals surface area contributed by atoms with E-state index in [-0.39, 0.29) is 18.6 Å². The van der Waals surface area contributed by atoms with Crippen LogP contribution in [0.1, 0.15) is 25.5 Å². The molecule has 1 N–H and O–H groups in total. The number of aliphatic carboxylic acids is 1. The highest BCUT2D eigenvalue weighted by Gasteiger charge is 2.23. The number of carboxylic acids is 1. The Bertz CT molecular complexity index is 493. The topological polar surface area (TPSA) is 60.9 Å². The maximum atomic E-state index is 12.3. The minimum Gasteiger partial charge on any atom is -0.480 e. The fraction of sp³-hybridized carbons (Fsp3) is 0.429. The van der Waals surface area contributed by atoms with Crippen LogP contribution in [0.5, 0.6) is 0 Å². The van der Waals surface area contributed by atoms with Crippen molar-refractivity contribution in [1.29, 1.82) is 0 Å². The molecule has 1 rings (SSSR count). The summed E-state index contributed by atoms with van der Waals surface area (Å²) in [5.74, 6) is -1.02. The highest BCUT2D eigenvalue weighted by Crippen LogP contribution is 2.22. The van der Waals surface area contributed by atoms with Crippen LogP contribution in [-0.2, 0) is 4.79 Å². The molecule has 1 aromatic carbocycles. The Balaban J connectivity index is 2.84. The van der Waals surface area contributed by atoms with Gasteiger partial charge in [-0.15, -0.1) is 0 Å². The number of halogens is 1. The molecule has 20 heavy (non-hydrogen) atoms. The predicted molar refractivity (Wildman–Crippen MR) is 77.9 cm³/mol. The summed E-state index contributed by atoms with van der Waals surface area (Å²) in [6, 6.07) is 6.76. The van der Waals surface area contributed by atoms with Crippen LogP contribution in [-0.4, -0.2) is 47.0 Å². The number of carbonyl (C=O) groups excluding carboxylic acids is 1. The van der Waals surface area contributed by atoms with Gasteiger partial charge in [0.1, 0.15) is 6.54 Å². The molecule has 0 bridgehead atoms. The quantitative estimate of drug-likeness (QED) is 0.909. The number of rotatable bonds is 5. The lowest BCUT2D eigenvalue weighted by molar-refractivity contribution is -0.137. The van der Waals surface area contributed by atoms with Gasteiger partial charge in [0.05, 0.1) is 6.04 Å². The number of hydrogen-bond donors (Lipinski definition) is 1. The summed E-state index contributed by atoms with van der Waals surface area (Å²) in [7, 11) is 1.65. The smallest absolute Gasteiger partial charge is 0.323 e. The second-order valence-corrected chi connectivity index (χ2v) is 4.97. The van der Waals surface area contributed by atoms with Crippen LogP contribution in [0.4, 0.5) is 4.79 Å². The normalized spacial score (nSPS) is 11.8. The van der Waals surface area contributed by atoms with Crippen molar-refractivity contribution in [3.05, 3.63) is 34.9 Å². The summed E-state index contributed by atoms with van der Waals surface area (Å²) in [5.41, 5.74) is 0.903. The van der Waals surface area contributed by atoms with Gasteiger partial charge < -0.3 is 14.9 Å². The first kappa shape index (κ1) is 16.3. The van der Waals surface area contributed by atoms with Gasteiger partial charge in [-0.1, -0.05) is 23.7 Å². The van der Waals surface area contributed by atoms with E-state index in [0.717, 1.165) is 5.56 Å². The minimum absolute atomic E-state index is 0.191. The SMILES string of the molecule is CCN(CC(=O)O)C(=O)N(C)C(C)c1cccc(Cl)c1. The Morgan fingerprint density at radius 2 is 2.05 bits per heavy atom. The number of carboxylic acid groups (broad SMARTS) is 1. The van der Waals surface area contributed by atoms with E-state index >= 15 is 0 Å². The Morgan fingerprint density at radius 3 is 2.55 bits per heavy atom. The van der Waals surface area contributed by atoms with Crippen molar-refractivity contribution in [1.82, 2.24) is 9.80 Å². The average molecular weight is 299 g/mol.